The first-order valence-electron chi connectivity index (χ1n) is 7.15. The lowest BCUT2D eigenvalue weighted by Crippen LogP contribution is -2.40. The zero-order valence-electron chi connectivity index (χ0n) is 12.1. The molecule has 2 atom stereocenters. The Labute approximate surface area is 110 Å². The summed E-state index contributed by atoms with van der Waals surface area (Å²) in [7, 11) is 0. The first-order valence-corrected chi connectivity index (χ1v) is 7.15. The van der Waals surface area contributed by atoms with E-state index in [9.17, 15) is 9.59 Å². The average molecular weight is 254 g/mol. The first kappa shape index (κ1) is 15.2. The molecular formula is C15H26O3. The number of ketones is 1. The highest BCUT2D eigenvalue weighted by Crippen LogP contribution is 2.36. The fourth-order valence-electron chi connectivity index (χ4n) is 2.82. The topological polar surface area (TPSA) is 43.4 Å². The van der Waals surface area contributed by atoms with Gasteiger partial charge in [0.15, 0.2) is 5.78 Å². The lowest BCUT2D eigenvalue weighted by atomic mass is 9.71. The molecule has 0 heterocycles. The Morgan fingerprint density at radius 1 is 1.22 bits per heavy atom. The van der Waals surface area contributed by atoms with Crippen molar-refractivity contribution in [1.82, 2.24) is 0 Å². The maximum atomic E-state index is 12.5. The van der Waals surface area contributed by atoms with Gasteiger partial charge in [-0.15, -0.1) is 0 Å². The molecule has 18 heavy (non-hydrogen) atoms. The van der Waals surface area contributed by atoms with E-state index in [1.165, 1.54) is 6.42 Å². The second-order valence-corrected chi connectivity index (χ2v) is 5.85. The van der Waals surface area contributed by atoms with Gasteiger partial charge in [-0.3, -0.25) is 9.59 Å². The summed E-state index contributed by atoms with van der Waals surface area (Å²) in [6.07, 6.45) is 5.33. The monoisotopic (exact) mass is 254 g/mol. The maximum Gasteiger partial charge on any atom is 0.319 e. The second kappa shape index (κ2) is 6.35. The molecule has 0 N–H and O–H groups in total. The summed E-state index contributed by atoms with van der Waals surface area (Å²) in [5, 5.41) is 0. The van der Waals surface area contributed by atoms with Crippen molar-refractivity contribution in [3.05, 3.63) is 0 Å². The second-order valence-electron chi connectivity index (χ2n) is 5.85. The van der Waals surface area contributed by atoms with Crippen LogP contribution in [0.3, 0.4) is 0 Å². The molecule has 1 aliphatic carbocycles. The summed E-state index contributed by atoms with van der Waals surface area (Å²) < 4.78 is 5.01. The Kier molecular flexibility index (Phi) is 5.36. The Balaban J connectivity index is 2.70. The van der Waals surface area contributed by atoms with Gasteiger partial charge in [0.05, 0.1) is 6.61 Å². The minimum Gasteiger partial charge on any atom is -0.465 e. The van der Waals surface area contributed by atoms with E-state index in [-0.39, 0.29) is 17.7 Å². The van der Waals surface area contributed by atoms with Gasteiger partial charge in [0.25, 0.3) is 0 Å². The molecule has 104 valence electrons. The summed E-state index contributed by atoms with van der Waals surface area (Å²) in [5.74, 6) is 0.376. The highest BCUT2D eigenvalue weighted by atomic mass is 16.5. The molecule has 1 fully saturated rings. The van der Waals surface area contributed by atoms with Crippen LogP contribution in [0.15, 0.2) is 0 Å². The predicted molar refractivity (Wildman–Crippen MR) is 71.2 cm³/mol. The Morgan fingerprint density at radius 2 is 1.89 bits per heavy atom. The molecule has 0 aromatic heterocycles. The molecule has 3 nitrogen and oxygen atoms in total. The van der Waals surface area contributed by atoms with Gasteiger partial charge in [0, 0.05) is 5.92 Å². The smallest absolute Gasteiger partial charge is 0.319 e. The van der Waals surface area contributed by atoms with Crippen LogP contribution in [0.5, 0.6) is 0 Å². The van der Waals surface area contributed by atoms with E-state index >= 15 is 0 Å². The van der Waals surface area contributed by atoms with E-state index < -0.39 is 5.41 Å². The standard InChI is InChI=1S/C15H26O3/c1-5-11-8-7-9-12(10-11)13(16)15(3,4)14(17)18-6-2/h11-12H,5-10H2,1-4H3. The molecule has 0 amide bonds. The van der Waals surface area contributed by atoms with E-state index in [0.717, 1.165) is 25.7 Å². The minimum atomic E-state index is -0.990. The van der Waals surface area contributed by atoms with Crippen LogP contribution in [0.4, 0.5) is 0 Å². The van der Waals surface area contributed by atoms with Crippen LogP contribution in [-0.4, -0.2) is 18.4 Å². The van der Waals surface area contributed by atoms with Gasteiger partial charge in [-0.1, -0.05) is 26.2 Å². The van der Waals surface area contributed by atoms with Gasteiger partial charge >= 0.3 is 5.97 Å². The van der Waals surface area contributed by atoms with Gasteiger partial charge in [-0.2, -0.15) is 0 Å². The molecular weight excluding hydrogens is 228 g/mol. The number of hydrogen-bond donors (Lipinski definition) is 0. The fraction of sp³-hybridized carbons (Fsp3) is 0.867. The van der Waals surface area contributed by atoms with Crippen LogP contribution in [0, 0.1) is 17.3 Å². The van der Waals surface area contributed by atoms with Crippen LogP contribution in [0.1, 0.15) is 59.8 Å². The molecule has 0 aromatic rings. The minimum absolute atomic E-state index is 0.0445. The van der Waals surface area contributed by atoms with Gasteiger partial charge < -0.3 is 4.74 Å². The van der Waals surface area contributed by atoms with Crippen molar-refractivity contribution in [3.63, 3.8) is 0 Å². The summed E-state index contributed by atoms with van der Waals surface area (Å²) >= 11 is 0. The van der Waals surface area contributed by atoms with E-state index in [1.807, 2.05) is 0 Å². The maximum absolute atomic E-state index is 12.5. The Hall–Kier alpha value is -0.860. The van der Waals surface area contributed by atoms with Crippen LogP contribution in [0.25, 0.3) is 0 Å². The van der Waals surface area contributed by atoms with E-state index in [4.69, 9.17) is 4.74 Å². The highest BCUT2D eigenvalue weighted by Gasteiger charge is 2.42. The molecule has 1 rings (SSSR count). The molecule has 2 unspecified atom stereocenters. The van der Waals surface area contributed by atoms with Crippen molar-refractivity contribution in [2.45, 2.75) is 59.8 Å². The van der Waals surface area contributed by atoms with Crippen molar-refractivity contribution in [2.75, 3.05) is 6.61 Å². The lowest BCUT2D eigenvalue weighted by Gasteiger charge is -2.32. The van der Waals surface area contributed by atoms with Gasteiger partial charge in [0.1, 0.15) is 5.41 Å². The van der Waals surface area contributed by atoms with Crippen molar-refractivity contribution in [1.29, 1.82) is 0 Å². The van der Waals surface area contributed by atoms with Crippen molar-refractivity contribution in [2.24, 2.45) is 17.3 Å². The number of ether oxygens (including phenoxy) is 1. The molecule has 0 aromatic carbocycles. The SMILES string of the molecule is CCOC(=O)C(C)(C)C(=O)C1CCCC(CC)C1. The molecule has 0 spiro atoms. The fourth-order valence-corrected chi connectivity index (χ4v) is 2.82. The molecule has 0 radical (unpaired) electrons. The van der Waals surface area contributed by atoms with Gasteiger partial charge in [0.2, 0.25) is 0 Å². The quantitative estimate of drug-likeness (QED) is 0.558. The third-order valence-electron chi connectivity index (χ3n) is 4.13. The number of hydrogen-bond acceptors (Lipinski definition) is 3. The summed E-state index contributed by atoms with van der Waals surface area (Å²) in [5.41, 5.74) is -0.990. The molecule has 1 saturated carbocycles. The van der Waals surface area contributed by atoms with Crippen LogP contribution in [0.2, 0.25) is 0 Å². The molecule has 1 aliphatic rings. The van der Waals surface area contributed by atoms with Crippen LogP contribution in [-0.2, 0) is 14.3 Å². The predicted octanol–water partition coefficient (Wildman–Crippen LogP) is 3.36. The zero-order chi connectivity index (χ0) is 13.8. The third kappa shape index (κ3) is 3.33. The van der Waals surface area contributed by atoms with E-state index in [0.29, 0.717) is 12.5 Å². The van der Waals surface area contributed by atoms with Crippen molar-refractivity contribution in [3.8, 4) is 0 Å². The van der Waals surface area contributed by atoms with Crippen LogP contribution < -0.4 is 0 Å². The van der Waals surface area contributed by atoms with Gasteiger partial charge in [-0.25, -0.2) is 0 Å². The van der Waals surface area contributed by atoms with Crippen molar-refractivity contribution >= 4 is 11.8 Å². The average Bonchev–Trinajstić information content (AvgIpc) is 2.38. The van der Waals surface area contributed by atoms with E-state index in [1.54, 1.807) is 20.8 Å². The number of esters is 1. The first-order chi connectivity index (χ1) is 8.43. The molecule has 0 saturated heterocycles. The lowest BCUT2D eigenvalue weighted by molar-refractivity contribution is -0.159. The van der Waals surface area contributed by atoms with Crippen molar-refractivity contribution < 1.29 is 14.3 Å². The molecule has 0 aliphatic heterocycles. The normalized spacial score (nSPS) is 24.7. The third-order valence-corrected chi connectivity index (χ3v) is 4.13. The number of carbonyl (C=O) groups is 2. The van der Waals surface area contributed by atoms with E-state index in [2.05, 4.69) is 6.92 Å². The highest BCUT2D eigenvalue weighted by molar-refractivity contribution is 6.04. The molecule has 3 heteroatoms. The summed E-state index contributed by atoms with van der Waals surface area (Å²) in [6, 6.07) is 0. The Morgan fingerprint density at radius 3 is 2.44 bits per heavy atom. The summed E-state index contributed by atoms with van der Waals surface area (Å²) in [6.45, 7) is 7.67. The largest absolute Gasteiger partial charge is 0.465 e. The number of rotatable bonds is 5. The molecule has 0 bridgehead atoms. The Bertz CT molecular complexity index is 307. The zero-order valence-corrected chi connectivity index (χ0v) is 12.1. The van der Waals surface area contributed by atoms with Gasteiger partial charge in [-0.05, 0) is 39.5 Å². The van der Waals surface area contributed by atoms with Crippen LogP contribution >= 0.6 is 0 Å². The number of Topliss-reactive ketones (excluding diaryl/α,β-unsaturated/α-hetero) is 1. The number of carbonyl (C=O) groups excluding carboxylic acids is 2. The summed E-state index contributed by atoms with van der Waals surface area (Å²) in [4.78, 5) is 24.4.